The maximum Gasteiger partial charge on any atom is 0.160 e. The number of ether oxygens (including phenoxy) is 2. The first kappa shape index (κ1) is 16.3. The lowest BCUT2D eigenvalue weighted by Crippen LogP contribution is -2.40. The van der Waals surface area contributed by atoms with Crippen LogP contribution in [-0.2, 0) is 4.74 Å². The second kappa shape index (κ2) is 7.35. The highest BCUT2D eigenvalue weighted by molar-refractivity contribution is 5.43. The molecule has 2 atom stereocenters. The van der Waals surface area contributed by atoms with E-state index < -0.39 is 6.04 Å². The SMILES string of the molecule is COc1ccc(C(C#N)N2CCOC(c3ccccc3)C2)cc1O. The lowest BCUT2D eigenvalue weighted by atomic mass is 10.0. The average Bonchev–Trinajstić information content (AvgIpc) is 2.63. The Hall–Kier alpha value is -2.55. The lowest BCUT2D eigenvalue weighted by Gasteiger charge is -2.36. The fourth-order valence-electron chi connectivity index (χ4n) is 3.02. The molecule has 2 aromatic rings. The number of rotatable bonds is 4. The van der Waals surface area contributed by atoms with Crippen LogP contribution in [0.2, 0.25) is 0 Å². The smallest absolute Gasteiger partial charge is 0.160 e. The van der Waals surface area contributed by atoms with Crippen LogP contribution in [0.25, 0.3) is 0 Å². The van der Waals surface area contributed by atoms with Crippen molar-refractivity contribution in [2.45, 2.75) is 12.1 Å². The third kappa shape index (κ3) is 3.35. The third-order valence-electron chi connectivity index (χ3n) is 4.28. The van der Waals surface area contributed by atoms with Crippen molar-refractivity contribution in [2.75, 3.05) is 26.8 Å². The van der Waals surface area contributed by atoms with E-state index in [9.17, 15) is 10.4 Å². The monoisotopic (exact) mass is 324 g/mol. The molecule has 0 saturated carbocycles. The first-order chi connectivity index (χ1) is 11.7. The second-order valence-corrected chi connectivity index (χ2v) is 5.73. The molecule has 124 valence electrons. The van der Waals surface area contributed by atoms with Gasteiger partial charge >= 0.3 is 0 Å². The van der Waals surface area contributed by atoms with Gasteiger partial charge in [-0.3, -0.25) is 4.90 Å². The normalized spacial score (nSPS) is 19.4. The van der Waals surface area contributed by atoms with Gasteiger partial charge in [0.25, 0.3) is 0 Å². The summed E-state index contributed by atoms with van der Waals surface area (Å²) >= 11 is 0. The molecule has 1 N–H and O–H groups in total. The number of benzene rings is 2. The van der Waals surface area contributed by atoms with Crippen LogP contribution < -0.4 is 4.74 Å². The molecule has 0 spiro atoms. The van der Waals surface area contributed by atoms with Gasteiger partial charge in [-0.05, 0) is 23.3 Å². The van der Waals surface area contributed by atoms with E-state index in [1.165, 1.54) is 7.11 Å². The summed E-state index contributed by atoms with van der Waals surface area (Å²) in [5.74, 6) is 0.447. The van der Waals surface area contributed by atoms with E-state index >= 15 is 0 Å². The van der Waals surface area contributed by atoms with Gasteiger partial charge in [0.05, 0.1) is 25.9 Å². The van der Waals surface area contributed by atoms with Gasteiger partial charge in [0.15, 0.2) is 11.5 Å². The molecule has 5 heteroatoms. The molecule has 0 amide bonds. The Bertz CT molecular complexity index is 727. The Morgan fingerprint density at radius 2 is 2.08 bits per heavy atom. The van der Waals surface area contributed by atoms with Gasteiger partial charge in [0, 0.05) is 13.1 Å². The number of morpholine rings is 1. The van der Waals surface area contributed by atoms with Gasteiger partial charge in [-0.25, -0.2) is 0 Å². The molecule has 0 radical (unpaired) electrons. The highest BCUT2D eigenvalue weighted by atomic mass is 16.5. The van der Waals surface area contributed by atoms with Gasteiger partial charge in [-0.15, -0.1) is 0 Å². The fraction of sp³-hybridized carbons (Fsp3) is 0.316. The lowest BCUT2D eigenvalue weighted by molar-refractivity contribution is -0.0383. The molecule has 0 bridgehead atoms. The van der Waals surface area contributed by atoms with Gasteiger partial charge < -0.3 is 14.6 Å². The van der Waals surface area contributed by atoms with Gasteiger partial charge in [-0.2, -0.15) is 5.26 Å². The first-order valence-electron chi connectivity index (χ1n) is 7.90. The molecule has 24 heavy (non-hydrogen) atoms. The average molecular weight is 324 g/mol. The molecule has 2 aromatic carbocycles. The highest BCUT2D eigenvalue weighted by Crippen LogP contribution is 2.33. The summed E-state index contributed by atoms with van der Waals surface area (Å²) in [6, 6.07) is 17.0. The molecular weight excluding hydrogens is 304 g/mol. The van der Waals surface area contributed by atoms with E-state index in [4.69, 9.17) is 9.47 Å². The van der Waals surface area contributed by atoms with Crippen molar-refractivity contribution in [1.82, 2.24) is 4.90 Å². The molecule has 1 heterocycles. The van der Waals surface area contributed by atoms with E-state index in [-0.39, 0.29) is 11.9 Å². The number of hydrogen-bond acceptors (Lipinski definition) is 5. The quantitative estimate of drug-likeness (QED) is 0.936. The van der Waals surface area contributed by atoms with E-state index in [1.807, 2.05) is 36.4 Å². The molecule has 2 unspecified atom stereocenters. The zero-order chi connectivity index (χ0) is 16.9. The zero-order valence-electron chi connectivity index (χ0n) is 13.6. The topological polar surface area (TPSA) is 65.7 Å². The number of phenols is 1. The first-order valence-corrected chi connectivity index (χ1v) is 7.90. The van der Waals surface area contributed by atoms with Crippen molar-refractivity contribution < 1.29 is 14.6 Å². The summed E-state index contributed by atoms with van der Waals surface area (Å²) in [5.41, 5.74) is 1.86. The van der Waals surface area contributed by atoms with Crippen molar-refractivity contribution in [3.05, 3.63) is 59.7 Å². The molecule has 1 fully saturated rings. The Kier molecular flexibility index (Phi) is 4.99. The largest absolute Gasteiger partial charge is 0.504 e. The maximum absolute atomic E-state index is 9.99. The molecule has 5 nitrogen and oxygen atoms in total. The summed E-state index contributed by atoms with van der Waals surface area (Å²) in [7, 11) is 1.50. The van der Waals surface area contributed by atoms with Crippen LogP contribution in [0.3, 0.4) is 0 Å². The van der Waals surface area contributed by atoms with E-state index in [2.05, 4.69) is 11.0 Å². The van der Waals surface area contributed by atoms with E-state index in [1.54, 1.807) is 12.1 Å². The third-order valence-corrected chi connectivity index (χ3v) is 4.28. The Morgan fingerprint density at radius 3 is 2.75 bits per heavy atom. The molecule has 0 aromatic heterocycles. The van der Waals surface area contributed by atoms with Crippen molar-refractivity contribution in [1.29, 1.82) is 5.26 Å². The van der Waals surface area contributed by atoms with Gasteiger partial charge in [0.2, 0.25) is 0 Å². The predicted molar refractivity (Wildman–Crippen MR) is 89.7 cm³/mol. The fourth-order valence-corrected chi connectivity index (χ4v) is 3.02. The summed E-state index contributed by atoms with van der Waals surface area (Å²) in [6.45, 7) is 1.88. The minimum Gasteiger partial charge on any atom is -0.504 e. The predicted octanol–water partition coefficient (Wildman–Crippen LogP) is 3.04. The molecular formula is C19H20N2O3. The number of nitriles is 1. The number of phenolic OH excluding ortho intramolecular Hbond substituents is 1. The summed E-state index contributed by atoms with van der Waals surface area (Å²) in [5, 5.41) is 19.6. The van der Waals surface area contributed by atoms with Crippen molar-refractivity contribution >= 4 is 0 Å². The van der Waals surface area contributed by atoms with E-state index in [0.29, 0.717) is 25.4 Å². The van der Waals surface area contributed by atoms with Crippen molar-refractivity contribution in [3.63, 3.8) is 0 Å². The Labute approximate surface area is 141 Å². The van der Waals surface area contributed by atoms with Crippen LogP contribution in [0.15, 0.2) is 48.5 Å². The maximum atomic E-state index is 9.99. The minimum atomic E-state index is -0.433. The van der Waals surface area contributed by atoms with Crippen LogP contribution in [0.1, 0.15) is 23.3 Å². The number of hydrogen-bond donors (Lipinski definition) is 1. The van der Waals surface area contributed by atoms with Crippen LogP contribution in [0.5, 0.6) is 11.5 Å². The number of methoxy groups -OCH3 is 1. The van der Waals surface area contributed by atoms with Crippen molar-refractivity contribution in [2.24, 2.45) is 0 Å². The van der Waals surface area contributed by atoms with Crippen LogP contribution in [0, 0.1) is 11.3 Å². The second-order valence-electron chi connectivity index (χ2n) is 5.73. The zero-order valence-corrected chi connectivity index (χ0v) is 13.6. The van der Waals surface area contributed by atoms with Gasteiger partial charge in [-0.1, -0.05) is 36.4 Å². The standard InChI is InChI=1S/C19H20N2O3/c1-23-18-8-7-15(11-17(18)22)16(12-20)21-9-10-24-19(13-21)14-5-3-2-4-6-14/h2-8,11,16,19,22H,9-10,13H2,1H3. The number of aromatic hydroxyl groups is 1. The van der Waals surface area contributed by atoms with E-state index in [0.717, 1.165) is 11.1 Å². The minimum absolute atomic E-state index is 0.0446. The van der Waals surface area contributed by atoms with Crippen molar-refractivity contribution in [3.8, 4) is 17.6 Å². The molecule has 0 aliphatic carbocycles. The summed E-state index contributed by atoms with van der Waals surface area (Å²) in [6.07, 6.45) is -0.0531. The van der Waals surface area contributed by atoms with Crippen LogP contribution in [0.4, 0.5) is 0 Å². The summed E-state index contributed by atoms with van der Waals surface area (Å²) in [4.78, 5) is 2.09. The van der Waals surface area contributed by atoms with Gasteiger partial charge in [0.1, 0.15) is 6.04 Å². The molecule has 3 rings (SSSR count). The summed E-state index contributed by atoms with van der Waals surface area (Å²) < 4.78 is 10.9. The number of nitrogens with zero attached hydrogens (tertiary/aromatic N) is 2. The Balaban J connectivity index is 1.80. The molecule has 1 saturated heterocycles. The van der Waals surface area contributed by atoms with Crippen LogP contribution >= 0.6 is 0 Å². The molecule has 1 aliphatic heterocycles. The van der Waals surface area contributed by atoms with Crippen LogP contribution in [-0.4, -0.2) is 36.8 Å². The highest BCUT2D eigenvalue weighted by Gasteiger charge is 2.28. The molecule has 1 aliphatic rings. The Morgan fingerprint density at radius 1 is 1.29 bits per heavy atom.